The van der Waals surface area contributed by atoms with Crippen LogP contribution in [-0.4, -0.2) is 9.97 Å². The molecule has 0 unspecified atom stereocenters. The van der Waals surface area contributed by atoms with E-state index in [1.54, 1.807) is 0 Å². The molecule has 1 aliphatic heterocycles. The largest absolute Gasteiger partial charge is 0.457 e. The van der Waals surface area contributed by atoms with Gasteiger partial charge in [-0.3, -0.25) is 0 Å². The molecule has 0 saturated heterocycles. The van der Waals surface area contributed by atoms with E-state index in [1.165, 1.54) is 22.3 Å². The van der Waals surface area contributed by atoms with Gasteiger partial charge in [-0.1, -0.05) is 97.1 Å². The standard InChI is InChI=1S/C45H31N3O/c1-27-28(2)47-29(3)48-44(27)33-18-16-32(17-19-33)35-21-23-37-36-22-20-34(31-14-12-30(26-46)13-15-31)24-40(36)45(41(37)25-35)38-8-4-6-10-42(38)49-43-11-7-5-9-39(43)45/h4-25H,1-3H3. The number of aryl methyl sites for hydroxylation is 2. The Morgan fingerprint density at radius 3 is 1.57 bits per heavy atom. The van der Waals surface area contributed by atoms with Crippen LogP contribution < -0.4 is 4.74 Å². The molecule has 7 aromatic rings. The second-order valence-corrected chi connectivity index (χ2v) is 13.0. The van der Waals surface area contributed by atoms with E-state index in [4.69, 9.17) is 9.72 Å². The first kappa shape index (κ1) is 28.9. The molecule has 0 atom stereocenters. The SMILES string of the molecule is Cc1nc(C)c(C)c(-c2ccc(-c3ccc4c(c3)C3(c5ccccc5Oc5ccccc53)c3cc(-c5ccc(C#N)cc5)ccc3-4)cc2)n1. The quantitative estimate of drug-likeness (QED) is 0.195. The van der Waals surface area contributed by atoms with E-state index in [9.17, 15) is 5.26 Å². The molecule has 9 rings (SSSR count). The summed E-state index contributed by atoms with van der Waals surface area (Å²) in [5.41, 5.74) is 15.9. The third kappa shape index (κ3) is 4.29. The van der Waals surface area contributed by atoms with E-state index < -0.39 is 5.41 Å². The topological polar surface area (TPSA) is 58.8 Å². The van der Waals surface area contributed by atoms with E-state index in [-0.39, 0.29) is 0 Å². The second kappa shape index (κ2) is 10.9. The molecule has 232 valence electrons. The van der Waals surface area contributed by atoms with Crippen molar-refractivity contribution in [2.75, 3.05) is 0 Å². The van der Waals surface area contributed by atoms with Crippen molar-refractivity contribution >= 4 is 0 Å². The highest BCUT2D eigenvalue weighted by molar-refractivity contribution is 5.92. The molecule has 0 fully saturated rings. The summed E-state index contributed by atoms with van der Waals surface area (Å²) in [5.74, 6) is 2.51. The molecule has 0 amide bonds. The van der Waals surface area contributed by atoms with Crippen molar-refractivity contribution in [3.8, 4) is 62.2 Å². The Morgan fingerprint density at radius 2 is 1.02 bits per heavy atom. The number of rotatable bonds is 3. The van der Waals surface area contributed by atoms with Gasteiger partial charge >= 0.3 is 0 Å². The molecular weight excluding hydrogens is 599 g/mol. The van der Waals surface area contributed by atoms with Gasteiger partial charge in [-0.25, -0.2) is 9.97 Å². The third-order valence-corrected chi connectivity index (χ3v) is 10.3. The summed E-state index contributed by atoms with van der Waals surface area (Å²) in [6, 6.07) is 49.5. The average Bonchev–Trinajstić information content (AvgIpc) is 3.42. The van der Waals surface area contributed by atoms with Crippen LogP contribution in [0.4, 0.5) is 0 Å². The van der Waals surface area contributed by atoms with Gasteiger partial charge in [0.25, 0.3) is 0 Å². The molecule has 2 aliphatic rings. The molecule has 4 nitrogen and oxygen atoms in total. The molecule has 1 spiro atoms. The van der Waals surface area contributed by atoms with E-state index in [2.05, 4.69) is 115 Å². The molecule has 0 radical (unpaired) electrons. The number of nitrogens with zero attached hydrogens (tertiary/aromatic N) is 3. The van der Waals surface area contributed by atoms with Crippen LogP contribution in [-0.2, 0) is 5.41 Å². The van der Waals surface area contributed by atoms with Crippen LogP contribution in [0.15, 0.2) is 133 Å². The van der Waals surface area contributed by atoms with Gasteiger partial charge < -0.3 is 4.74 Å². The minimum atomic E-state index is -0.595. The highest BCUT2D eigenvalue weighted by Gasteiger charge is 2.51. The van der Waals surface area contributed by atoms with Gasteiger partial charge in [0.05, 0.1) is 22.7 Å². The van der Waals surface area contributed by atoms with Gasteiger partial charge in [-0.05, 0) is 107 Å². The van der Waals surface area contributed by atoms with E-state index in [1.807, 2.05) is 50.2 Å². The van der Waals surface area contributed by atoms with Crippen molar-refractivity contribution in [1.82, 2.24) is 9.97 Å². The van der Waals surface area contributed by atoms with Crippen LogP contribution in [0.5, 0.6) is 11.5 Å². The molecule has 49 heavy (non-hydrogen) atoms. The summed E-state index contributed by atoms with van der Waals surface area (Å²) in [5, 5.41) is 9.41. The molecular formula is C45H31N3O. The molecule has 0 N–H and O–H groups in total. The number of hydrogen-bond donors (Lipinski definition) is 0. The number of nitriles is 1. The number of benzene rings is 6. The Hall–Kier alpha value is -6.31. The molecule has 4 heteroatoms. The molecule has 0 bridgehead atoms. The van der Waals surface area contributed by atoms with Gasteiger partial charge in [0.1, 0.15) is 17.3 Å². The third-order valence-electron chi connectivity index (χ3n) is 10.3. The number of hydrogen-bond acceptors (Lipinski definition) is 4. The van der Waals surface area contributed by atoms with E-state index in [0.29, 0.717) is 5.56 Å². The molecule has 6 aromatic carbocycles. The predicted molar refractivity (Wildman–Crippen MR) is 195 cm³/mol. The average molecular weight is 630 g/mol. The lowest BCUT2D eigenvalue weighted by Crippen LogP contribution is -2.32. The molecule has 0 saturated carbocycles. The maximum Gasteiger partial charge on any atom is 0.132 e. The first-order valence-electron chi connectivity index (χ1n) is 16.5. The Kier molecular flexibility index (Phi) is 6.41. The van der Waals surface area contributed by atoms with Crippen LogP contribution in [0.2, 0.25) is 0 Å². The van der Waals surface area contributed by atoms with Gasteiger partial charge in [0, 0.05) is 22.4 Å². The normalized spacial score (nSPS) is 13.1. The van der Waals surface area contributed by atoms with Crippen molar-refractivity contribution in [1.29, 1.82) is 5.26 Å². The lowest BCUT2D eigenvalue weighted by atomic mass is 9.65. The van der Waals surface area contributed by atoms with Crippen molar-refractivity contribution in [3.63, 3.8) is 0 Å². The Bertz CT molecular complexity index is 2460. The summed E-state index contributed by atoms with van der Waals surface area (Å²) >= 11 is 0. The summed E-state index contributed by atoms with van der Waals surface area (Å²) in [7, 11) is 0. The molecule has 2 heterocycles. The summed E-state index contributed by atoms with van der Waals surface area (Å²) in [6.45, 7) is 6.08. The van der Waals surface area contributed by atoms with Gasteiger partial charge in [-0.15, -0.1) is 0 Å². The maximum absolute atomic E-state index is 9.41. The minimum absolute atomic E-state index is 0.595. The van der Waals surface area contributed by atoms with Crippen molar-refractivity contribution in [2.24, 2.45) is 0 Å². The smallest absolute Gasteiger partial charge is 0.132 e. The second-order valence-electron chi connectivity index (χ2n) is 13.0. The molecule has 1 aliphatic carbocycles. The maximum atomic E-state index is 9.41. The van der Waals surface area contributed by atoms with Gasteiger partial charge in [-0.2, -0.15) is 5.26 Å². The van der Waals surface area contributed by atoms with Crippen molar-refractivity contribution in [2.45, 2.75) is 26.2 Å². The van der Waals surface area contributed by atoms with Gasteiger partial charge in [0.15, 0.2) is 0 Å². The monoisotopic (exact) mass is 629 g/mol. The fourth-order valence-electron chi connectivity index (χ4n) is 7.87. The van der Waals surface area contributed by atoms with Crippen LogP contribution >= 0.6 is 0 Å². The summed E-state index contributed by atoms with van der Waals surface area (Å²) in [4.78, 5) is 9.32. The van der Waals surface area contributed by atoms with Crippen LogP contribution in [0.1, 0.15) is 44.9 Å². The van der Waals surface area contributed by atoms with Gasteiger partial charge in [0.2, 0.25) is 0 Å². The number of para-hydroxylation sites is 2. The minimum Gasteiger partial charge on any atom is -0.457 e. The predicted octanol–water partition coefficient (Wildman–Crippen LogP) is 10.7. The van der Waals surface area contributed by atoms with Crippen molar-refractivity contribution in [3.05, 3.63) is 178 Å². The number of fused-ring (bicyclic) bond motifs is 9. The van der Waals surface area contributed by atoms with E-state index in [0.717, 1.165) is 73.2 Å². The van der Waals surface area contributed by atoms with Crippen LogP contribution in [0.25, 0.3) is 44.6 Å². The lowest BCUT2D eigenvalue weighted by Gasteiger charge is -2.39. The highest BCUT2D eigenvalue weighted by atomic mass is 16.5. The zero-order valence-electron chi connectivity index (χ0n) is 27.5. The van der Waals surface area contributed by atoms with Crippen molar-refractivity contribution < 1.29 is 4.74 Å². The van der Waals surface area contributed by atoms with Crippen LogP contribution in [0.3, 0.4) is 0 Å². The summed E-state index contributed by atoms with van der Waals surface area (Å²) in [6.07, 6.45) is 0. The first-order chi connectivity index (χ1) is 23.9. The number of aromatic nitrogens is 2. The van der Waals surface area contributed by atoms with Crippen LogP contribution in [0, 0.1) is 32.1 Å². The first-order valence-corrected chi connectivity index (χ1v) is 16.5. The zero-order chi connectivity index (χ0) is 33.3. The molecule has 1 aromatic heterocycles. The Balaban J connectivity index is 1.26. The number of ether oxygens (including phenoxy) is 1. The Labute approximate surface area is 286 Å². The lowest BCUT2D eigenvalue weighted by molar-refractivity contribution is 0.436. The Morgan fingerprint density at radius 1 is 0.531 bits per heavy atom. The zero-order valence-corrected chi connectivity index (χ0v) is 27.5. The highest BCUT2D eigenvalue weighted by Crippen LogP contribution is 2.62. The fraction of sp³-hybridized carbons (Fsp3) is 0.0889. The van der Waals surface area contributed by atoms with E-state index >= 15 is 0 Å². The fourth-order valence-corrected chi connectivity index (χ4v) is 7.87. The summed E-state index contributed by atoms with van der Waals surface area (Å²) < 4.78 is 6.59.